The van der Waals surface area contributed by atoms with Crippen LogP contribution in [0.4, 0.5) is 10.5 Å². The third-order valence-corrected chi connectivity index (χ3v) is 3.81. The summed E-state index contributed by atoms with van der Waals surface area (Å²) in [7, 11) is 0. The van der Waals surface area contributed by atoms with Gasteiger partial charge in [-0.2, -0.15) is 0 Å². The minimum Gasteiger partial charge on any atom is -0.455 e. The van der Waals surface area contributed by atoms with Gasteiger partial charge in [0.25, 0.3) is 0 Å². The van der Waals surface area contributed by atoms with Crippen LogP contribution in [0, 0.1) is 6.92 Å². The number of hydrogen-bond donors (Lipinski definition) is 2. The van der Waals surface area contributed by atoms with Crippen molar-refractivity contribution in [1.82, 2.24) is 5.32 Å². The smallest absolute Gasteiger partial charge is 0.319 e. The average molecular weight is 332 g/mol. The lowest BCUT2D eigenvalue weighted by Gasteiger charge is -2.13. The summed E-state index contributed by atoms with van der Waals surface area (Å²) in [5.74, 6) is 1.32. The van der Waals surface area contributed by atoms with E-state index in [0.717, 1.165) is 16.9 Å². The lowest BCUT2D eigenvalue weighted by molar-refractivity contribution is 0.251. The number of amides is 2. The third-order valence-electron chi connectivity index (χ3n) is 3.81. The second-order valence-electron chi connectivity index (χ2n) is 5.65. The number of carbonyl (C=O) groups excluding carboxylic acids is 1. The predicted octanol–water partition coefficient (Wildman–Crippen LogP) is 5.11. The molecule has 0 unspecified atom stereocenters. The molecule has 0 aliphatic heterocycles. The maximum atomic E-state index is 12.2. The molecular weight excluding hydrogens is 312 g/mol. The van der Waals surface area contributed by atoms with Crippen molar-refractivity contribution in [2.24, 2.45) is 0 Å². The summed E-state index contributed by atoms with van der Waals surface area (Å²) in [5, 5.41) is 5.72. The summed E-state index contributed by atoms with van der Waals surface area (Å²) >= 11 is 0. The van der Waals surface area contributed by atoms with Crippen LogP contribution in [0.25, 0.3) is 0 Å². The average Bonchev–Trinajstić information content (AvgIpc) is 2.64. The highest BCUT2D eigenvalue weighted by Crippen LogP contribution is 2.28. The second-order valence-corrected chi connectivity index (χ2v) is 5.65. The molecule has 25 heavy (non-hydrogen) atoms. The number of hydrogen-bond acceptors (Lipinski definition) is 2. The van der Waals surface area contributed by atoms with E-state index in [-0.39, 0.29) is 6.03 Å². The number of benzene rings is 3. The Morgan fingerprint density at radius 2 is 1.56 bits per heavy atom. The van der Waals surface area contributed by atoms with Crippen LogP contribution in [-0.2, 0) is 6.54 Å². The van der Waals surface area contributed by atoms with Gasteiger partial charge in [-0.3, -0.25) is 0 Å². The van der Waals surface area contributed by atoms with E-state index in [4.69, 9.17) is 4.74 Å². The Bertz CT molecular complexity index is 847. The van der Waals surface area contributed by atoms with Gasteiger partial charge in [-0.1, -0.05) is 54.6 Å². The predicted molar refractivity (Wildman–Crippen MR) is 100.0 cm³/mol. The minimum absolute atomic E-state index is 0.271. The number of carbonyl (C=O) groups is 1. The maximum absolute atomic E-state index is 12.2. The van der Waals surface area contributed by atoms with E-state index in [0.29, 0.717) is 18.0 Å². The van der Waals surface area contributed by atoms with E-state index < -0.39 is 0 Å². The first kappa shape index (κ1) is 16.6. The Morgan fingerprint density at radius 3 is 2.36 bits per heavy atom. The first-order valence-electron chi connectivity index (χ1n) is 8.13. The fourth-order valence-electron chi connectivity index (χ4n) is 2.42. The van der Waals surface area contributed by atoms with Crippen LogP contribution in [0.3, 0.4) is 0 Å². The highest BCUT2D eigenvalue weighted by molar-refractivity contribution is 5.90. The van der Waals surface area contributed by atoms with Crippen molar-refractivity contribution in [2.75, 3.05) is 5.32 Å². The van der Waals surface area contributed by atoms with E-state index in [1.165, 1.54) is 0 Å². The van der Waals surface area contributed by atoms with Crippen LogP contribution in [0.15, 0.2) is 78.9 Å². The molecule has 3 aromatic rings. The Kier molecular flexibility index (Phi) is 5.32. The quantitative estimate of drug-likeness (QED) is 0.682. The number of ether oxygens (including phenoxy) is 1. The molecule has 0 saturated carbocycles. The van der Waals surface area contributed by atoms with Crippen molar-refractivity contribution in [3.63, 3.8) is 0 Å². The van der Waals surface area contributed by atoms with Crippen molar-refractivity contribution < 1.29 is 9.53 Å². The van der Waals surface area contributed by atoms with Crippen molar-refractivity contribution in [2.45, 2.75) is 13.5 Å². The van der Waals surface area contributed by atoms with E-state index in [1.54, 1.807) is 0 Å². The monoisotopic (exact) mass is 332 g/mol. The molecule has 0 aliphatic carbocycles. The molecule has 0 heterocycles. The third kappa shape index (κ3) is 4.61. The Hall–Kier alpha value is -3.27. The number of anilines is 1. The van der Waals surface area contributed by atoms with Crippen molar-refractivity contribution in [3.8, 4) is 11.5 Å². The number of urea groups is 1. The van der Waals surface area contributed by atoms with E-state index in [1.807, 2.05) is 85.8 Å². The Labute approximate surface area is 147 Å². The lowest BCUT2D eigenvalue weighted by atomic mass is 10.1. The van der Waals surface area contributed by atoms with Gasteiger partial charge in [-0.25, -0.2) is 4.79 Å². The molecule has 0 aliphatic rings. The van der Waals surface area contributed by atoms with E-state index >= 15 is 0 Å². The molecule has 0 fully saturated rings. The Morgan fingerprint density at radius 1 is 0.880 bits per heavy atom. The van der Waals surface area contributed by atoms with Gasteiger partial charge in [-0.15, -0.1) is 0 Å². The van der Waals surface area contributed by atoms with Gasteiger partial charge in [-0.05, 0) is 42.3 Å². The topological polar surface area (TPSA) is 50.4 Å². The standard InChI is InChI=1S/C21H20N2O2/c1-16-9-5-6-10-17(16)15-22-21(24)23-19-13-7-8-14-20(19)25-18-11-3-2-4-12-18/h2-14H,15H2,1H3,(H2,22,23,24). The molecule has 0 atom stereocenters. The van der Waals surface area contributed by atoms with Gasteiger partial charge in [0, 0.05) is 6.54 Å². The molecule has 3 rings (SSSR count). The van der Waals surface area contributed by atoms with Crippen LogP contribution in [0.5, 0.6) is 11.5 Å². The molecule has 0 aromatic heterocycles. The first-order chi connectivity index (χ1) is 12.2. The maximum Gasteiger partial charge on any atom is 0.319 e. The summed E-state index contributed by atoms with van der Waals surface area (Å²) in [4.78, 5) is 12.2. The highest BCUT2D eigenvalue weighted by Gasteiger charge is 2.08. The molecule has 0 saturated heterocycles. The Balaban J connectivity index is 1.64. The number of rotatable bonds is 5. The summed E-state index contributed by atoms with van der Waals surface area (Å²) in [6, 6.07) is 24.5. The van der Waals surface area contributed by atoms with Crippen molar-refractivity contribution >= 4 is 11.7 Å². The second kappa shape index (κ2) is 8.02. The molecule has 2 amide bonds. The van der Waals surface area contributed by atoms with Crippen molar-refractivity contribution in [3.05, 3.63) is 90.0 Å². The van der Waals surface area contributed by atoms with Crippen LogP contribution in [0.2, 0.25) is 0 Å². The molecule has 126 valence electrons. The van der Waals surface area contributed by atoms with E-state index in [2.05, 4.69) is 10.6 Å². The van der Waals surface area contributed by atoms with Gasteiger partial charge in [0.2, 0.25) is 0 Å². The molecule has 0 bridgehead atoms. The molecule has 4 nitrogen and oxygen atoms in total. The molecular formula is C21H20N2O2. The van der Waals surface area contributed by atoms with Crippen LogP contribution < -0.4 is 15.4 Å². The molecule has 3 aromatic carbocycles. The fourth-order valence-corrected chi connectivity index (χ4v) is 2.42. The summed E-state index contributed by atoms with van der Waals surface area (Å²) in [5.41, 5.74) is 2.86. The van der Waals surface area contributed by atoms with Crippen LogP contribution in [0.1, 0.15) is 11.1 Å². The van der Waals surface area contributed by atoms with Crippen LogP contribution >= 0.6 is 0 Å². The normalized spacial score (nSPS) is 10.1. The molecule has 2 N–H and O–H groups in total. The van der Waals surface area contributed by atoms with Gasteiger partial charge >= 0.3 is 6.03 Å². The molecule has 0 spiro atoms. The van der Waals surface area contributed by atoms with Crippen LogP contribution in [-0.4, -0.2) is 6.03 Å². The van der Waals surface area contributed by atoms with E-state index in [9.17, 15) is 4.79 Å². The fraction of sp³-hybridized carbons (Fsp3) is 0.0952. The van der Waals surface area contributed by atoms with Gasteiger partial charge in [0.05, 0.1) is 5.69 Å². The van der Waals surface area contributed by atoms with Gasteiger partial charge in [0.1, 0.15) is 5.75 Å². The van der Waals surface area contributed by atoms with Gasteiger partial charge < -0.3 is 15.4 Å². The molecule has 0 radical (unpaired) electrons. The number of nitrogens with one attached hydrogen (secondary N) is 2. The minimum atomic E-state index is -0.271. The lowest BCUT2D eigenvalue weighted by Crippen LogP contribution is -2.28. The van der Waals surface area contributed by atoms with Crippen molar-refractivity contribution in [1.29, 1.82) is 0 Å². The largest absolute Gasteiger partial charge is 0.455 e. The SMILES string of the molecule is Cc1ccccc1CNC(=O)Nc1ccccc1Oc1ccccc1. The summed E-state index contributed by atoms with van der Waals surface area (Å²) in [6.07, 6.45) is 0. The number of para-hydroxylation sites is 3. The zero-order valence-corrected chi connectivity index (χ0v) is 14.0. The highest BCUT2D eigenvalue weighted by atomic mass is 16.5. The zero-order chi connectivity index (χ0) is 17.5. The summed E-state index contributed by atoms with van der Waals surface area (Å²) in [6.45, 7) is 2.50. The molecule has 4 heteroatoms. The first-order valence-corrected chi connectivity index (χ1v) is 8.13. The summed E-state index contributed by atoms with van der Waals surface area (Å²) < 4.78 is 5.85. The number of aryl methyl sites for hydroxylation is 1. The zero-order valence-electron chi connectivity index (χ0n) is 14.0. The van der Waals surface area contributed by atoms with Gasteiger partial charge in [0.15, 0.2) is 5.75 Å².